The minimum atomic E-state index is 0. The SMILES string of the molecule is CN=C(NCC(c1ccco1)N1CCCC1)NCC(c1ccc(C)o1)N1CCOCC1.I. The van der Waals surface area contributed by atoms with Crippen LogP contribution < -0.4 is 10.6 Å². The van der Waals surface area contributed by atoms with E-state index in [2.05, 4.69) is 37.6 Å². The number of nitrogens with one attached hydrogen (secondary N) is 2. The van der Waals surface area contributed by atoms with E-state index in [-0.39, 0.29) is 36.1 Å². The first-order valence-corrected chi connectivity index (χ1v) is 11.3. The maximum absolute atomic E-state index is 5.98. The number of aryl methyl sites for hydroxylation is 1. The van der Waals surface area contributed by atoms with Crippen LogP contribution in [0.5, 0.6) is 0 Å². The molecular formula is C23H36IN5O3. The Kier molecular flexibility index (Phi) is 9.89. The molecule has 178 valence electrons. The second kappa shape index (κ2) is 12.6. The highest BCUT2D eigenvalue weighted by Crippen LogP contribution is 2.25. The summed E-state index contributed by atoms with van der Waals surface area (Å²) in [5, 5.41) is 7.03. The molecule has 0 spiro atoms. The Labute approximate surface area is 207 Å². The van der Waals surface area contributed by atoms with Gasteiger partial charge >= 0.3 is 0 Å². The Balaban J connectivity index is 0.00000289. The van der Waals surface area contributed by atoms with Gasteiger partial charge in [-0.05, 0) is 57.1 Å². The van der Waals surface area contributed by atoms with Crippen LogP contribution >= 0.6 is 24.0 Å². The highest BCUT2D eigenvalue weighted by molar-refractivity contribution is 14.0. The molecule has 8 nitrogen and oxygen atoms in total. The van der Waals surface area contributed by atoms with Crippen LogP contribution in [-0.4, -0.2) is 75.3 Å². The van der Waals surface area contributed by atoms with Crippen molar-refractivity contribution < 1.29 is 13.6 Å². The van der Waals surface area contributed by atoms with E-state index in [4.69, 9.17) is 13.6 Å². The second-order valence-electron chi connectivity index (χ2n) is 8.22. The van der Waals surface area contributed by atoms with E-state index < -0.39 is 0 Å². The summed E-state index contributed by atoms with van der Waals surface area (Å²) in [6.45, 7) is 8.96. The lowest BCUT2D eigenvalue weighted by Crippen LogP contribution is -2.47. The van der Waals surface area contributed by atoms with Crippen molar-refractivity contribution in [3.8, 4) is 0 Å². The van der Waals surface area contributed by atoms with Gasteiger partial charge in [0.2, 0.25) is 0 Å². The maximum atomic E-state index is 5.98. The fourth-order valence-electron chi connectivity index (χ4n) is 4.48. The fourth-order valence-corrected chi connectivity index (χ4v) is 4.48. The summed E-state index contributed by atoms with van der Waals surface area (Å²) in [6, 6.07) is 8.47. The summed E-state index contributed by atoms with van der Waals surface area (Å²) in [4.78, 5) is 9.36. The van der Waals surface area contributed by atoms with Gasteiger partial charge in [0, 0.05) is 33.2 Å². The number of hydrogen-bond donors (Lipinski definition) is 2. The molecule has 2 aromatic heterocycles. The molecule has 32 heavy (non-hydrogen) atoms. The molecule has 0 bridgehead atoms. The molecule has 0 aliphatic carbocycles. The Hall–Kier alpha value is -1.56. The van der Waals surface area contributed by atoms with Crippen molar-refractivity contribution in [1.29, 1.82) is 0 Å². The molecular weight excluding hydrogens is 521 g/mol. The third-order valence-corrected chi connectivity index (χ3v) is 6.18. The van der Waals surface area contributed by atoms with E-state index >= 15 is 0 Å². The summed E-state index contributed by atoms with van der Waals surface area (Å²) in [6.07, 6.45) is 4.24. The molecule has 4 heterocycles. The van der Waals surface area contributed by atoms with Gasteiger partial charge in [-0.15, -0.1) is 24.0 Å². The second-order valence-corrected chi connectivity index (χ2v) is 8.22. The standard InChI is InChI=1S/C23H35N5O3.HI/c1-18-7-8-22(31-18)20(28-11-14-29-15-12-28)17-26-23(24-2)25-16-19(21-6-5-13-30-21)27-9-3-4-10-27;/h5-8,13,19-20H,3-4,9-12,14-17H2,1-2H3,(H2,24,25,26);1H. The molecule has 2 fully saturated rings. The van der Waals surface area contributed by atoms with Crippen LogP contribution in [0.4, 0.5) is 0 Å². The van der Waals surface area contributed by atoms with Crippen LogP contribution in [0, 0.1) is 6.92 Å². The van der Waals surface area contributed by atoms with Gasteiger partial charge in [0.05, 0.1) is 31.6 Å². The molecule has 2 saturated heterocycles. The van der Waals surface area contributed by atoms with Gasteiger partial charge in [0.25, 0.3) is 0 Å². The number of guanidine groups is 1. The van der Waals surface area contributed by atoms with Crippen molar-refractivity contribution in [1.82, 2.24) is 20.4 Å². The van der Waals surface area contributed by atoms with Crippen molar-refractivity contribution in [3.05, 3.63) is 47.8 Å². The minimum Gasteiger partial charge on any atom is -0.468 e. The smallest absolute Gasteiger partial charge is 0.191 e. The van der Waals surface area contributed by atoms with Crippen molar-refractivity contribution in [2.75, 3.05) is 59.5 Å². The van der Waals surface area contributed by atoms with Crippen LogP contribution in [0.2, 0.25) is 0 Å². The fraction of sp³-hybridized carbons (Fsp3) is 0.609. The monoisotopic (exact) mass is 557 g/mol. The zero-order valence-electron chi connectivity index (χ0n) is 19.1. The zero-order chi connectivity index (χ0) is 21.5. The largest absolute Gasteiger partial charge is 0.468 e. The Morgan fingerprint density at radius 3 is 2.19 bits per heavy atom. The Bertz CT molecular complexity index is 813. The number of likely N-dealkylation sites (tertiary alicyclic amines) is 1. The molecule has 0 aromatic carbocycles. The predicted octanol–water partition coefficient (Wildman–Crippen LogP) is 3.17. The average Bonchev–Trinajstić information content (AvgIpc) is 3.57. The van der Waals surface area contributed by atoms with E-state index in [9.17, 15) is 0 Å². The molecule has 0 saturated carbocycles. The molecule has 2 aromatic rings. The molecule has 2 N–H and O–H groups in total. The Morgan fingerprint density at radius 1 is 0.969 bits per heavy atom. The third kappa shape index (κ3) is 6.49. The van der Waals surface area contributed by atoms with Crippen LogP contribution in [0.25, 0.3) is 0 Å². The number of aliphatic imine (C=N–C) groups is 1. The quantitative estimate of drug-likeness (QED) is 0.293. The van der Waals surface area contributed by atoms with Crippen LogP contribution in [0.15, 0.2) is 44.4 Å². The van der Waals surface area contributed by atoms with E-state index in [0.717, 1.165) is 69.2 Å². The van der Waals surface area contributed by atoms with Crippen molar-refractivity contribution >= 4 is 29.9 Å². The number of furan rings is 2. The predicted molar refractivity (Wildman–Crippen MR) is 136 cm³/mol. The lowest BCUT2D eigenvalue weighted by Gasteiger charge is -2.34. The highest BCUT2D eigenvalue weighted by Gasteiger charge is 2.27. The summed E-state index contributed by atoms with van der Waals surface area (Å²) >= 11 is 0. The van der Waals surface area contributed by atoms with Gasteiger partial charge in [-0.3, -0.25) is 14.8 Å². The first-order chi connectivity index (χ1) is 15.2. The number of nitrogens with zero attached hydrogens (tertiary/aromatic N) is 3. The number of rotatable bonds is 8. The van der Waals surface area contributed by atoms with Gasteiger partial charge in [-0.1, -0.05) is 0 Å². The van der Waals surface area contributed by atoms with E-state index in [1.165, 1.54) is 12.8 Å². The lowest BCUT2D eigenvalue weighted by molar-refractivity contribution is 0.0124. The van der Waals surface area contributed by atoms with Gasteiger partial charge in [-0.25, -0.2) is 0 Å². The molecule has 2 unspecified atom stereocenters. The lowest BCUT2D eigenvalue weighted by atomic mass is 10.1. The number of hydrogen-bond acceptors (Lipinski definition) is 6. The first kappa shape index (κ1) is 25.1. The van der Waals surface area contributed by atoms with E-state index in [0.29, 0.717) is 6.54 Å². The third-order valence-electron chi connectivity index (χ3n) is 6.18. The molecule has 2 atom stereocenters. The van der Waals surface area contributed by atoms with Crippen molar-refractivity contribution in [3.63, 3.8) is 0 Å². The van der Waals surface area contributed by atoms with Gasteiger partial charge in [0.15, 0.2) is 5.96 Å². The van der Waals surface area contributed by atoms with Crippen molar-refractivity contribution in [2.45, 2.75) is 31.8 Å². The van der Waals surface area contributed by atoms with Crippen LogP contribution in [-0.2, 0) is 4.74 Å². The van der Waals surface area contributed by atoms with E-state index in [1.54, 1.807) is 6.26 Å². The number of morpholine rings is 1. The van der Waals surface area contributed by atoms with Gasteiger partial charge in [0.1, 0.15) is 17.3 Å². The number of ether oxygens (including phenoxy) is 1. The summed E-state index contributed by atoms with van der Waals surface area (Å²) in [5.41, 5.74) is 0. The van der Waals surface area contributed by atoms with E-state index in [1.807, 2.05) is 26.1 Å². The molecule has 4 rings (SSSR count). The van der Waals surface area contributed by atoms with Crippen molar-refractivity contribution in [2.24, 2.45) is 4.99 Å². The molecule has 9 heteroatoms. The van der Waals surface area contributed by atoms with Gasteiger partial charge < -0.3 is 24.2 Å². The molecule has 0 radical (unpaired) electrons. The number of halogens is 1. The zero-order valence-corrected chi connectivity index (χ0v) is 21.4. The Morgan fingerprint density at radius 2 is 1.62 bits per heavy atom. The minimum absolute atomic E-state index is 0. The van der Waals surface area contributed by atoms with Crippen LogP contribution in [0.1, 0.15) is 42.2 Å². The first-order valence-electron chi connectivity index (χ1n) is 11.3. The average molecular weight is 557 g/mol. The van der Waals surface area contributed by atoms with Crippen LogP contribution in [0.3, 0.4) is 0 Å². The summed E-state index contributed by atoms with van der Waals surface area (Å²) in [5.74, 6) is 3.70. The topological polar surface area (TPSA) is 78.4 Å². The van der Waals surface area contributed by atoms with Gasteiger partial charge in [-0.2, -0.15) is 0 Å². The normalized spacial score (nSPS) is 20.0. The summed E-state index contributed by atoms with van der Waals surface area (Å²) < 4.78 is 17.3. The summed E-state index contributed by atoms with van der Waals surface area (Å²) in [7, 11) is 1.81. The maximum Gasteiger partial charge on any atom is 0.191 e. The molecule has 2 aliphatic rings. The molecule has 2 aliphatic heterocycles. The molecule has 0 amide bonds. The highest BCUT2D eigenvalue weighted by atomic mass is 127.